The normalized spacial score (nSPS) is 11.6. The van der Waals surface area contributed by atoms with E-state index in [0.717, 1.165) is 0 Å². The third kappa shape index (κ3) is 9.52. The fourth-order valence-corrected chi connectivity index (χ4v) is 2.55. The number of nitrogens with zero attached hydrogens (tertiary/aromatic N) is 6. The zero-order chi connectivity index (χ0) is 25.6. The van der Waals surface area contributed by atoms with Crippen molar-refractivity contribution in [3.63, 3.8) is 0 Å². The summed E-state index contributed by atoms with van der Waals surface area (Å²) in [5.74, 6) is -1.81. The fraction of sp³-hybridized carbons (Fsp3) is 0. The Kier molecular flexibility index (Phi) is 11.9. The Balaban J connectivity index is 0.000000253. The molecule has 37 heavy (non-hydrogen) atoms. The largest absolute Gasteiger partial charge is 2.00 e. The number of hydrogen-bond acceptors (Lipinski definition) is 8. The third-order valence-corrected chi connectivity index (χ3v) is 4.36. The standard InChI is InChI=1S/2C13H10FN3O.Cu/c2*14-12-4-2-1-3-11(12)9-16-17-13(18)10-5-7-15-8-6-10;/h2*1-9H,(H,17,18);/q;;+2/p-2/b2*16-9+;. The molecule has 0 atom stereocenters. The van der Waals surface area contributed by atoms with Gasteiger partial charge < -0.3 is 10.2 Å². The van der Waals surface area contributed by atoms with Crippen LogP contribution in [-0.2, 0) is 17.1 Å². The van der Waals surface area contributed by atoms with E-state index in [2.05, 4.69) is 30.4 Å². The maximum absolute atomic E-state index is 13.2. The van der Waals surface area contributed by atoms with Crippen LogP contribution in [0.3, 0.4) is 0 Å². The minimum Gasteiger partial charge on any atom is -0.857 e. The van der Waals surface area contributed by atoms with Crippen molar-refractivity contribution in [2.45, 2.75) is 0 Å². The van der Waals surface area contributed by atoms with Crippen molar-refractivity contribution >= 4 is 24.2 Å². The molecule has 8 nitrogen and oxygen atoms in total. The van der Waals surface area contributed by atoms with Gasteiger partial charge in [-0.25, -0.2) is 8.78 Å². The van der Waals surface area contributed by atoms with Crippen LogP contribution in [0.4, 0.5) is 8.78 Å². The zero-order valence-corrected chi connectivity index (χ0v) is 19.9. The Hall–Kier alpha value is -4.60. The molecule has 4 aromatic rings. The van der Waals surface area contributed by atoms with Gasteiger partial charge in [-0.3, -0.25) is 9.97 Å². The summed E-state index contributed by atoms with van der Waals surface area (Å²) in [6.45, 7) is 0. The minimum atomic E-state index is -0.495. The Bertz CT molecular complexity index is 1280. The molecule has 0 bridgehead atoms. The van der Waals surface area contributed by atoms with Gasteiger partial charge in [-0.05, 0) is 47.5 Å². The molecule has 0 aliphatic heterocycles. The van der Waals surface area contributed by atoms with E-state index in [1.165, 1.54) is 73.6 Å². The molecule has 0 unspecified atom stereocenters. The van der Waals surface area contributed by atoms with Crippen LogP contribution in [0.5, 0.6) is 0 Å². The Morgan fingerprint density at radius 2 is 0.946 bits per heavy atom. The molecule has 0 saturated heterocycles. The topological polar surface area (TPSA) is 121 Å². The molecular formula is C26H18CuF2N6O2. The first kappa shape index (κ1) is 28.6. The number of pyridine rings is 2. The van der Waals surface area contributed by atoms with Crippen LogP contribution >= 0.6 is 0 Å². The molecule has 0 fully saturated rings. The maximum atomic E-state index is 13.2. The van der Waals surface area contributed by atoms with Gasteiger partial charge in [0.15, 0.2) is 0 Å². The van der Waals surface area contributed by atoms with E-state index in [9.17, 15) is 19.0 Å². The Morgan fingerprint density at radius 3 is 1.30 bits per heavy atom. The van der Waals surface area contributed by atoms with Gasteiger partial charge in [0.1, 0.15) is 11.6 Å². The number of aromatic nitrogens is 2. The van der Waals surface area contributed by atoms with Gasteiger partial charge in [0, 0.05) is 47.7 Å². The van der Waals surface area contributed by atoms with Gasteiger partial charge in [-0.1, -0.05) is 36.4 Å². The summed E-state index contributed by atoms with van der Waals surface area (Å²) in [6.07, 6.45) is 8.36. The van der Waals surface area contributed by atoms with E-state index in [0.29, 0.717) is 11.1 Å². The van der Waals surface area contributed by atoms with Gasteiger partial charge in [0.25, 0.3) is 0 Å². The molecule has 0 saturated carbocycles. The summed E-state index contributed by atoms with van der Waals surface area (Å²) in [6, 6.07) is 18.3. The van der Waals surface area contributed by atoms with Crippen molar-refractivity contribution in [1.82, 2.24) is 9.97 Å². The fourth-order valence-electron chi connectivity index (χ4n) is 2.55. The van der Waals surface area contributed by atoms with Crippen molar-refractivity contribution < 1.29 is 36.1 Å². The summed E-state index contributed by atoms with van der Waals surface area (Å²) in [4.78, 5) is 7.57. The SMILES string of the molecule is [Cu+2].[O-]/C(=N\N=C\c1ccccc1F)c1ccncc1.[O-]/C(=N\N=C\c1ccccc1F)c1ccncc1. The van der Waals surface area contributed by atoms with Crippen molar-refractivity contribution in [2.75, 3.05) is 0 Å². The predicted molar refractivity (Wildman–Crippen MR) is 130 cm³/mol. The van der Waals surface area contributed by atoms with Crippen molar-refractivity contribution in [3.8, 4) is 0 Å². The summed E-state index contributed by atoms with van der Waals surface area (Å²) in [5, 5.41) is 37.1. The molecule has 0 amide bonds. The van der Waals surface area contributed by atoms with Crippen LogP contribution in [0.15, 0.2) is 118 Å². The van der Waals surface area contributed by atoms with Crippen molar-refractivity contribution in [2.24, 2.45) is 20.4 Å². The van der Waals surface area contributed by atoms with Gasteiger partial charge in [-0.15, -0.1) is 0 Å². The van der Waals surface area contributed by atoms with Crippen molar-refractivity contribution in [3.05, 3.63) is 131 Å². The second kappa shape index (κ2) is 15.4. The predicted octanol–water partition coefficient (Wildman–Crippen LogP) is 2.72. The molecule has 11 heteroatoms. The number of rotatable bonds is 6. The van der Waals surface area contributed by atoms with E-state index < -0.39 is 23.4 Å². The molecule has 0 N–H and O–H groups in total. The first-order valence-electron chi connectivity index (χ1n) is 10.4. The second-order valence-corrected chi connectivity index (χ2v) is 6.81. The summed E-state index contributed by atoms with van der Waals surface area (Å²) in [7, 11) is 0. The summed E-state index contributed by atoms with van der Waals surface area (Å²) in [5.41, 5.74) is 1.33. The van der Waals surface area contributed by atoms with Crippen LogP contribution in [0.25, 0.3) is 0 Å². The van der Waals surface area contributed by atoms with E-state index in [1.54, 1.807) is 36.4 Å². The second-order valence-electron chi connectivity index (χ2n) is 6.81. The van der Waals surface area contributed by atoms with Crippen LogP contribution in [0.1, 0.15) is 22.3 Å². The molecule has 0 aliphatic carbocycles. The third-order valence-electron chi connectivity index (χ3n) is 4.36. The van der Waals surface area contributed by atoms with Crippen LogP contribution in [-0.4, -0.2) is 34.2 Å². The van der Waals surface area contributed by atoms with Crippen molar-refractivity contribution in [1.29, 1.82) is 0 Å². The maximum Gasteiger partial charge on any atom is 2.00 e. The summed E-state index contributed by atoms with van der Waals surface area (Å²) >= 11 is 0. The van der Waals surface area contributed by atoms with Crippen LogP contribution in [0.2, 0.25) is 0 Å². The first-order chi connectivity index (χ1) is 17.5. The van der Waals surface area contributed by atoms with E-state index in [-0.39, 0.29) is 28.2 Å². The number of benzene rings is 2. The van der Waals surface area contributed by atoms with Gasteiger partial charge in [0.2, 0.25) is 0 Å². The minimum absolute atomic E-state index is 0. The average Bonchev–Trinajstić information content (AvgIpc) is 2.92. The van der Waals surface area contributed by atoms with Crippen LogP contribution < -0.4 is 10.2 Å². The zero-order valence-electron chi connectivity index (χ0n) is 18.9. The molecule has 2 aromatic heterocycles. The summed E-state index contributed by atoms with van der Waals surface area (Å²) < 4.78 is 26.4. The van der Waals surface area contributed by atoms with Gasteiger partial charge >= 0.3 is 17.1 Å². The van der Waals surface area contributed by atoms with E-state index in [4.69, 9.17) is 0 Å². The molecule has 4 rings (SSSR count). The Morgan fingerprint density at radius 1 is 0.595 bits per heavy atom. The molecule has 2 heterocycles. The Labute approximate surface area is 222 Å². The number of hydrogen-bond donors (Lipinski definition) is 0. The van der Waals surface area contributed by atoms with E-state index in [1.807, 2.05) is 0 Å². The monoisotopic (exact) mass is 547 g/mol. The smallest absolute Gasteiger partial charge is 0.857 e. The molecule has 2 aromatic carbocycles. The molecule has 1 radical (unpaired) electrons. The first-order valence-corrected chi connectivity index (χ1v) is 10.4. The number of halogens is 2. The molecular weight excluding hydrogens is 530 g/mol. The van der Waals surface area contributed by atoms with Gasteiger partial charge in [-0.2, -0.15) is 20.4 Å². The molecule has 189 valence electrons. The quantitative estimate of drug-likeness (QED) is 0.159. The van der Waals surface area contributed by atoms with E-state index >= 15 is 0 Å². The van der Waals surface area contributed by atoms with Crippen LogP contribution in [0, 0.1) is 11.6 Å². The molecule has 0 aliphatic rings. The molecule has 0 spiro atoms. The average molecular weight is 548 g/mol. The van der Waals surface area contributed by atoms with Gasteiger partial charge in [0.05, 0.1) is 12.4 Å².